The molecule has 6 heteroatoms. The van der Waals surface area contributed by atoms with Gasteiger partial charge in [-0.1, -0.05) is 24.3 Å². The molecule has 25 heavy (non-hydrogen) atoms. The molecule has 1 unspecified atom stereocenters. The highest BCUT2D eigenvalue weighted by atomic mass is 16.5. The highest BCUT2D eigenvalue weighted by Gasteiger charge is 2.20. The van der Waals surface area contributed by atoms with Gasteiger partial charge in [-0.3, -0.25) is 0 Å². The first-order valence-corrected chi connectivity index (χ1v) is 8.57. The monoisotopic (exact) mass is 338 g/mol. The lowest BCUT2D eigenvalue weighted by Gasteiger charge is -2.26. The maximum Gasteiger partial charge on any atom is 0.264 e. The molecular formula is C19H22N4O2. The normalized spacial score (nSPS) is 16.8. The van der Waals surface area contributed by atoms with Crippen LogP contribution in [0.25, 0.3) is 11.6 Å². The molecule has 0 radical (unpaired) electrons. The maximum atomic E-state index is 5.90. The fourth-order valence-electron chi connectivity index (χ4n) is 3.21. The van der Waals surface area contributed by atoms with Crippen molar-refractivity contribution in [1.29, 1.82) is 0 Å². The minimum Gasteiger partial charge on any atom is -0.418 e. The summed E-state index contributed by atoms with van der Waals surface area (Å²) in [6.45, 7) is 4.06. The zero-order valence-corrected chi connectivity index (χ0v) is 14.5. The summed E-state index contributed by atoms with van der Waals surface area (Å²) < 4.78 is 13.7. The zero-order valence-electron chi connectivity index (χ0n) is 14.5. The lowest BCUT2D eigenvalue weighted by molar-refractivity contribution is 0.0420. The Labute approximate surface area is 146 Å². The van der Waals surface area contributed by atoms with Crippen LogP contribution in [0.3, 0.4) is 0 Å². The van der Waals surface area contributed by atoms with Crippen molar-refractivity contribution in [3.8, 4) is 11.6 Å². The van der Waals surface area contributed by atoms with Crippen LogP contribution in [0.2, 0.25) is 0 Å². The van der Waals surface area contributed by atoms with Crippen LogP contribution in [0.4, 0.5) is 0 Å². The smallest absolute Gasteiger partial charge is 0.264 e. The van der Waals surface area contributed by atoms with E-state index in [0.29, 0.717) is 18.3 Å². The van der Waals surface area contributed by atoms with Gasteiger partial charge in [0.1, 0.15) is 5.69 Å². The van der Waals surface area contributed by atoms with Crippen LogP contribution in [0.5, 0.6) is 0 Å². The second-order valence-electron chi connectivity index (χ2n) is 6.36. The second kappa shape index (κ2) is 6.82. The molecule has 1 N–H and O–H groups in total. The van der Waals surface area contributed by atoms with E-state index in [1.54, 1.807) is 0 Å². The lowest BCUT2D eigenvalue weighted by atomic mass is 9.97. The number of hydrogen-bond donors (Lipinski definition) is 1. The fraction of sp³-hybridized carbons (Fsp3) is 0.368. The molecule has 0 fully saturated rings. The van der Waals surface area contributed by atoms with Crippen molar-refractivity contribution >= 4 is 0 Å². The third-order valence-corrected chi connectivity index (χ3v) is 4.76. The highest BCUT2D eigenvalue weighted by molar-refractivity contribution is 5.48. The topological polar surface area (TPSA) is 65.1 Å². The summed E-state index contributed by atoms with van der Waals surface area (Å²) in [5.74, 6) is 1.13. The standard InChI is InChI=1S/C19H22N4O2/c1-13-7-8-16(23(13)2)19-22-21-18(25-19)12-20-11-17-15-6-4-3-5-14(15)9-10-24-17/h3-8,17,20H,9-12H2,1-2H3. The first kappa shape index (κ1) is 16.1. The first-order valence-electron chi connectivity index (χ1n) is 8.57. The third-order valence-electron chi connectivity index (χ3n) is 4.76. The predicted octanol–water partition coefficient (Wildman–Crippen LogP) is 2.79. The van der Waals surface area contributed by atoms with Crippen molar-refractivity contribution in [3.05, 3.63) is 59.1 Å². The van der Waals surface area contributed by atoms with E-state index in [1.165, 1.54) is 11.1 Å². The first-order chi connectivity index (χ1) is 12.2. The maximum absolute atomic E-state index is 5.90. The van der Waals surface area contributed by atoms with Crippen LogP contribution in [0.15, 0.2) is 40.8 Å². The van der Waals surface area contributed by atoms with Crippen molar-refractivity contribution in [2.75, 3.05) is 13.2 Å². The molecule has 0 saturated carbocycles. The van der Waals surface area contributed by atoms with E-state index >= 15 is 0 Å². The number of fused-ring (bicyclic) bond motifs is 1. The average molecular weight is 338 g/mol. The molecule has 3 aromatic rings. The number of hydrogen-bond acceptors (Lipinski definition) is 5. The minimum absolute atomic E-state index is 0.0721. The van der Waals surface area contributed by atoms with Gasteiger partial charge in [-0.2, -0.15) is 0 Å². The molecule has 3 heterocycles. The minimum atomic E-state index is 0.0721. The Balaban J connectivity index is 1.38. The summed E-state index contributed by atoms with van der Waals surface area (Å²) in [7, 11) is 1.99. The third kappa shape index (κ3) is 3.23. The Hall–Kier alpha value is -2.44. The summed E-state index contributed by atoms with van der Waals surface area (Å²) in [4.78, 5) is 0. The van der Waals surface area contributed by atoms with E-state index in [-0.39, 0.29) is 6.10 Å². The van der Waals surface area contributed by atoms with Crippen LogP contribution < -0.4 is 5.32 Å². The van der Waals surface area contributed by atoms with Gasteiger partial charge in [-0.15, -0.1) is 10.2 Å². The molecule has 0 spiro atoms. The van der Waals surface area contributed by atoms with Gasteiger partial charge in [0.25, 0.3) is 5.89 Å². The Bertz CT molecular complexity index is 868. The van der Waals surface area contributed by atoms with Crippen molar-refractivity contribution in [2.45, 2.75) is 26.0 Å². The quantitative estimate of drug-likeness (QED) is 0.775. The van der Waals surface area contributed by atoms with E-state index < -0.39 is 0 Å². The van der Waals surface area contributed by atoms with Crippen molar-refractivity contribution < 1.29 is 9.15 Å². The predicted molar refractivity (Wildman–Crippen MR) is 94.0 cm³/mol. The summed E-state index contributed by atoms with van der Waals surface area (Å²) in [6.07, 6.45) is 1.05. The van der Waals surface area contributed by atoms with Gasteiger partial charge in [0.15, 0.2) is 0 Å². The molecule has 1 aromatic carbocycles. The second-order valence-corrected chi connectivity index (χ2v) is 6.36. The number of nitrogens with one attached hydrogen (secondary N) is 1. The molecule has 0 aliphatic carbocycles. The number of rotatable bonds is 5. The van der Waals surface area contributed by atoms with E-state index in [2.05, 4.69) is 39.8 Å². The molecule has 1 atom stereocenters. The van der Waals surface area contributed by atoms with E-state index in [9.17, 15) is 0 Å². The number of benzene rings is 1. The average Bonchev–Trinajstić information content (AvgIpc) is 3.22. The van der Waals surface area contributed by atoms with Crippen LogP contribution in [-0.4, -0.2) is 27.9 Å². The number of aromatic nitrogens is 3. The Morgan fingerprint density at radius 1 is 1.20 bits per heavy atom. The molecule has 1 aliphatic rings. The van der Waals surface area contributed by atoms with E-state index in [0.717, 1.165) is 31.0 Å². The van der Waals surface area contributed by atoms with Gasteiger partial charge < -0.3 is 19.0 Å². The lowest BCUT2D eigenvalue weighted by Crippen LogP contribution is -2.27. The van der Waals surface area contributed by atoms with Crippen molar-refractivity contribution in [3.63, 3.8) is 0 Å². The van der Waals surface area contributed by atoms with Crippen LogP contribution in [0.1, 0.15) is 28.8 Å². The highest BCUT2D eigenvalue weighted by Crippen LogP contribution is 2.26. The molecule has 2 aromatic heterocycles. The molecule has 0 bridgehead atoms. The molecule has 4 rings (SSSR count). The number of nitrogens with zero attached hydrogens (tertiary/aromatic N) is 3. The van der Waals surface area contributed by atoms with E-state index in [4.69, 9.17) is 9.15 Å². The molecular weight excluding hydrogens is 316 g/mol. The Kier molecular flexibility index (Phi) is 4.38. The molecule has 0 amide bonds. The molecule has 130 valence electrons. The number of ether oxygens (including phenoxy) is 1. The zero-order chi connectivity index (χ0) is 17.2. The molecule has 6 nitrogen and oxygen atoms in total. The van der Waals surface area contributed by atoms with Crippen LogP contribution in [0, 0.1) is 6.92 Å². The summed E-state index contributed by atoms with van der Waals surface area (Å²) in [6, 6.07) is 12.5. The van der Waals surface area contributed by atoms with Crippen molar-refractivity contribution in [2.24, 2.45) is 7.05 Å². The largest absolute Gasteiger partial charge is 0.418 e. The fourth-order valence-corrected chi connectivity index (χ4v) is 3.21. The van der Waals surface area contributed by atoms with Crippen LogP contribution in [-0.2, 0) is 24.8 Å². The Morgan fingerprint density at radius 2 is 2.08 bits per heavy atom. The van der Waals surface area contributed by atoms with Gasteiger partial charge in [0.2, 0.25) is 5.89 Å². The van der Waals surface area contributed by atoms with Gasteiger partial charge in [-0.25, -0.2) is 0 Å². The molecule has 0 saturated heterocycles. The summed E-state index contributed by atoms with van der Waals surface area (Å²) in [5, 5.41) is 11.7. The van der Waals surface area contributed by atoms with Gasteiger partial charge in [-0.05, 0) is 36.6 Å². The summed E-state index contributed by atoms with van der Waals surface area (Å²) in [5.41, 5.74) is 4.73. The van der Waals surface area contributed by atoms with E-state index in [1.807, 2.05) is 30.7 Å². The Morgan fingerprint density at radius 3 is 2.92 bits per heavy atom. The van der Waals surface area contributed by atoms with Gasteiger partial charge in [0, 0.05) is 19.3 Å². The van der Waals surface area contributed by atoms with Gasteiger partial charge >= 0.3 is 0 Å². The molecule has 1 aliphatic heterocycles. The van der Waals surface area contributed by atoms with Crippen molar-refractivity contribution in [1.82, 2.24) is 20.1 Å². The van der Waals surface area contributed by atoms with Crippen LogP contribution >= 0.6 is 0 Å². The SMILES string of the molecule is Cc1ccc(-c2nnc(CNCC3OCCc4ccccc43)o2)n1C. The number of aryl methyl sites for hydroxylation is 1. The van der Waals surface area contributed by atoms with Gasteiger partial charge in [0.05, 0.1) is 19.3 Å². The summed E-state index contributed by atoms with van der Waals surface area (Å²) >= 11 is 0.